The zero-order valence-corrected chi connectivity index (χ0v) is 14.3. The maximum atomic E-state index is 13.5. The number of hydrogen-bond donors (Lipinski definition) is 2. The Balaban J connectivity index is 1.97. The van der Waals surface area contributed by atoms with Gasteiger partial charge in [0.2, 0.25) is 5.91 Å². The molecule has 0 atom stereocenters. The van der Waals surface area contributed by atoms with Crippen LogP contribution in [0, 0.1) is 0 Å². The first-order valence-corrected chi connectivity index (χ1v) is 8.19. The highest BCUT2D eigenvalue weighted by Gasteiger charge is 2.46. The molecule has 0 saturated heterocycles. The fourth-order valence-corrected chi connectivity index (χ4v) is 2.51. The van der Waals surface area contributed by atoms with Gasteiger partial charge in [0.15, 0.2) is 5.69 Å². The van der Waals surface area contributed by atoms with E-state index in [9.17, 15) is 22.8 Å². The van der Waals surface area contributed by atoms with Gasteiger partial charge in [-0.15, -0.1) is 0 Å². The molecule has 1 aromatic heterocycles. The number of alkyl halides is 3. The summed E-state index contributed by atoms with van der Waals surface area (Å²) in [6.07, 6.45) is -2.92. The van der Waals surface area contributed by atoms with E-state index >= 15 is 0 Å². The highest BCUT2D eigenvalue weighted by molar-refractivity contribution is 6.00. The van der Waals surface area contributed by atoms with E-state index in [2.05, 4.69) is 15.2 Å². The van der Waals surface area contributed by atoms with Crippen LogP contribution in [0.25, 0.3) is 5.69 Å². The summed E-state index contributed by atoms with van der Waals surface area (Å²) in [6.45, 7) is 1.43. The minimum absolute atomic E-state index is 0.0255. The number of carbonyl (C=O) groups is 2. The van der Waals surface area contributed by atoms with Gasteiger partial charge in [-0.25, -0.2) is 9.48 Å². The second-order valence-electron chi connectivity index (χ2n) is 6.20. The van der Waals surface area contributed by atoms with E-state index in [1.807, 2.05) is 0 Å². The average molecular weight is 382 g/mol. The molecule has 7 nitrogen and oxygen atoms in total. The Morgan fingerprint density at radius 1 is 1.37 bits per heavy atom. The molecule has 1 heterocycles. The van der Waals surface area contributed by atoms with Crippen molar-refractivity contribution < 1.29 is 27.5 Å². The Labute approximate surface area is 152 Å². The van der Waals surface area contributed by atoms with Gasteiger partial charge < -0.3 is 15.8 Å². The lowest BCUT2D eigenvalue weighted by Crippen LogP contribution is -2.37. The first-order valence-electron chi connectivity index (χ1n) is 8.19. The number of rotatable bonds is 5. The van der Waals surface area contributed by atoms with Crippen molar-refractivity contribution in [2.75, 3.05) is 11.9 Å². The fraction of sp³-hybridized carbons (Fsp3) is 0.353. The summed E-state index contributed by atoms with van der Waals surface area (Å²) in [5.41, 5.74) is 3.25. The number of nitrogens with two attached hydrogens (primary N) is 1. The molecule has 1 amide bonds. The van der Waals surface area contributed by atoms with Crippen LogP contribution in [-0.2, 0) is 15.7 Å². The van der Waals surface area contributed by atoms with Crippen LogP contribution in [0.2, 0.25) is 0 Å². The molecule has 10 heteroatoms. The fourth-order valence-electron chi connectivity index (χ4n) is 2.51. The molecule has 1 aliphatic rings. The van der Waals surface area contributed by atoms with Gasteiger partial charge in [-0.05, 0) is 38.0 Å². The SMILES string of the molecule is CCOC(=O)c1cnn(-c2cccc(NC(=O)C3(N)CC3)c2)c1C(F)(F)F. The predicted octanol–water partition coefficient (Wildman–Crippen LogP) is 2.50. The number of benzene rings is 1. The number of ether oxygens (including phenoxy) is 1. The van der Waals surface area contributed by atoms with Crippen molar-refractivity contribution in [1.29, 1.82) is 0 Å². The van der Waals surface area contributed by atoms with Crippen LogP contribution in [-0.4, -0.2) is 33.8 Å². The van der Waals surface area contributed by atoms with Crippen LogP contribution < -0.4 is 11.1 Å². The minimum Gasteiger partial charge on any atom is -0.462 e. The van der Waals surface area contributed by atoms with E-state index in [0.717, 1.165) is 6.20 Å². The molecule has 3 N–H and O–H groups in total. The number of hydrogen-bond acceptors (Lipinski definition) is 5. The molecule has 0 spiro atoms. The van der Waals surface area contributed by atoms with E-state index in [0.29, 0.717) is 17.5 Å². The first-order chi connectivity index (χ1) is 12.7. The van der Waals surface area contributed by atoms with Crippen molar-refractivity contribution in [3.63, 3.8) is 0 Å². The average Bonchev–Trinajstić information content (AvgIpc) is 3.19. The van der Waals surface area contributed by atoms with E-state index in [4.69, 9.17) is 5.73 Å². The Kier molecular flexibility index (Phi) is 4.68. The summed E-state index contributed by atoms with van der Waals surface area (Å²) in [6, 6.07) is 5.69. The number of amides is 1. The van der Waals surface area contributed by atoms with Crippen molar-refractivity contribution >= 4 is 17.6 Å². The Hall–Kier alpha value is -2.88. The lowest BCUT2D eigenvalue weighted by atomic mass is 10.2. The van der Waals surface area contributed by atoms with Crippen molar-refractivity contribution in [2.24, 2.45) is 5.73 Å². The van der Waals surface area contributed by atoms with E-state index < -0.39 is 34.8 Å². The maximum absolute atomic E-state index is 13.5. The highest BCUT2D eigenvalue weighted by Crippen LogP contribution is 2.35. The summed E-state index contributed by atoms with van der Waals surface area (Å²) >= 11 is 0. The second kappa shape index (κ2) is 6.69. The number of aromatic nitrogens is 2. The summed E-state index contributed by atoms with van der Waals surface area (Å²) < 4.78 is 45.9. The lowest BCUT2D eigenvalue weighted by molar-refractivity contribution is -0.143. The van der Waals surface area contributed by atoms with Crippen molar-refractivity contribution in [1.82, 2.24) is 9.78 Å². The summed E-state index contributed by atoms with van der Waals surface area (Å²) in [5.74, 6) is -1.51. The Bertz CT molecular complexity index is 888. The van der Waals surface area contributed by atoms with Gasteiger partial charge >= 0.3 is 12.1 Å². The van der Waals surface area contributed by atoms with Crippen LogP contribution in [0.3, 0.4) is 0 Å². The molecule has 1 aromatic carbocycles. The molecule has 2 aromatic rings. The van der Waals surface area contributed by atoms with Crippen LogP contribution in [0.4, 0.5) is 18.9 Å². The minimum atomic E-state index is -4.84. The van der Waals surface area contributed by atoms with Gasteiger partial charge in [0.1, 0.15) is 5.56 Å². The lowest BCUT2D eigenvalue weighted by Gasteiger charge is -2.14. The number of carbonyl (C=O) groups excluding carboxylic acids is 2. The van der Waals surface area contributed by atoms with Crippen LogP contribution in [0.1, 0.15) is 35.8 Å². The zero-order chi connectivity index (χ0) is 19.8. The summed E-state index contributed by atoms with van der Waals surface area (Å²) in [4.78, 5) is 23.9. The molecule has 144 valence electrons. The molecular formula is C17H17F3N4O3. The van der Waals surface area contributed by atoms with Crippen molar-refractivity contribution in [2.45, 2.75) is 31.5 Å². The van der Waals surface area contributed by atoms with Gasteiger partial charge in [0.25, 0.3) is 0 Å². The van der Waals surface area contributed by atoms with E-state index in [-0.39, 0.29) is 18.0 Å². The number of nitrogens with zero attached hydrogens (tertiary/aromatic N) is 2. The molecule has 3 rings (SSSR count). The molecule has 0 unspecified atom stereocenters. The number of anilines is 1. The third kappa shape index (κ3) is 3.80. The predicted molar refractivity (Wildman–Crippen MR) is 89.3 cm³/mol. The van der Waals surface area contributed by atoms with Gasteiger partial charge in [0.05, 0.1) is 24.0 Å². The van der Waals surface area contributed by atoms with Gasteiger partial charge in [-0.2, -0.15) is 18.3 Å². The monoisotopic (exact) mass is 382 g/mol. The normalized spacial score (nSPS) is 15.3. The Morgan fingerprint density at radius 3 is 2.67 bits per heavy atom. The van der Waals surface area contributed by atoms with Crippen molar-refractivity contribution in [3.8, 4) is 5.69 Å². The quantitative estimate of drug-likeness (QED) is 0.774. The topological polar surface area (TPSA) is 99.2 Å². The molecule has 1 fully saturated rings. The largest absolute Gasteiger partial charge is 0.462 e. The molecule has 0 aliphatic heterocycles. The standard InChI is InChI=1S/C17H17F3N4O3/c1-2-27-14(25)12-9-22-24(13(12)17(18,19)20)11-5-3-4-10(8-11)23-15(26)16(21)6-7-16/h3-5,8-9H,2,6-7,21H2,1H3,(H,23,26). The highest BCUT2D eigenvalue weighted by atomic mass is 19.4. The van der Waals surface area contributed by atoms with Crippen LogP contribution in [0.5, 0.6) is 0 Å². The molecule has 1 saturated carbocycles. The molecule has 0 radical (unpaired) electrons. The molecule has 0 bridgehead atoms. The van der Waals surface area contributed by atoms with E-state index in [1.54, 1.807) is 0 Å². The number of nitrogens with one attached hydrogen (secondary N) is 1. The van der Waals surface area contributed by atoms with Gasteiger partial charge in [0, 0.05) is 5.69 Å². The summed E-state index contributed by atoms with van der Waals surface area (Å²) in [7, 11) is 0. The third-order valence-corrected chi connectivity index (χ3v) is 4.12. The summed E-state index contributed by atoms with van der Waals surface area (Å²) in [5, 5.41) is 6.28. The maximum Gasteiger partial charge on any atom is 0.434 e. The van der Waals surface area contributed by atoms with Crippen LogP contribution in [0.15, 0.2) is 30.5 Å². The first kappa shape index (κ1) is 18.9. The smallest absolute Gasteiger partial charge is 0.434 e. The second-order valence-corrected chi connectivity index (χ2v) is 6.20. The molecule has 27 heavy (non-hydrogen) atoms. The van der Waals surface area contributed by atoms with Crippen LogP contribution >= 0.6 is 0 Å². The van der Waals surface area contributed by atoms with Gasteiger partial charge in [-0.1, -0.05) is 6.07 Å². The molecule has 1 aliphatic carbocycles. The van der Waals surface area contributed by atoms with Crippen molar-refractivity contribution in [3.05, 3.63) is 41.7 Å². The number of esters is 1. The van der Waals surface area contributed by atoms with E-state index in [1.165, 1.54) is 31.2 Å². The third-order valence-electron chi connectivity index (χ3n) is 4.12. The number of halogens is 3. The van der Waals surface area contributed by atoms with Gasteiger partial charge in [-0.3, -0.25) is 4.79 Å². The Morgan fingerprint density at radius 2 is 2.07 bits per heavy atom. The molecular weight excluding hydrogens is 365 g/mol. The zero-order valence-electron chi connectivity index (χ0n) is 14.3.